The quantitative estimate of drug-likeness (QED) is 0.907. The molecule has 0 aliphatic rings. The zero-order valence-corrected chi connectivity index (χ0v) is 12.9. The molecule has 7 heteroatoms. The van der Waals surface area contributed by atoms with Crippen LogP contribution >= 0.6 is 0 Å². The van der Waals surface area contributed by atoms with Crippen LogP contribution in [0.15, 0.2) is 27.9 Å². The van der Waals surface area contributed by atoms with E-state index in [2.05, 4.69) is 4.72 Å². The fraction of sp³-hybridized carbons (Fsp3) is 0.462. The summed E-state index contributed by atoms with van der Waals surface area (Å²) in [5.74, 6) is 0.231. The second kappa shape index (κ2) is 5.06. The highest BCUT2D eigenvalue weighted by molar-refractivity contribution is 7.89. The number of hydrogen-bond acceptors (Lipinski definition) is 3. The van der Waals surface area contributed by atoms with Gasteiger partial charge in [0.25, 0.3) is 0 Å². The van der Waals surface area contributed by atoms with Crippen LogP contribution in [0.1, 0.15) is 13.8 Å². The van der Waals surface area contributed by atoms with Gasteiger partial charge in [0, 0.05) is 20.6 Å². The molecule has 0 aliphatic heterocycles. The molecule has 0 bridgehead atoms. The molecule has 1 aromatic carbocycles. The first-order chi connectivity index (χ1) is 9.24. The molecule has 0 atom stereocenters. The number of aromatic nitrogens is 2. The van der Waals surface area contributed by atoms with Gasteiger partial charge in [0.05, 0.1) is 15.9 Å². The molecule has 1 N–H and O–H groups in total. The summed E-state index contributed by atoms with van der Waals surface area (Å²) in [6.07, 6.45) is 0. The van der Waals surface area contributed by atoms with Gasteiger partial charge in [0.1, 0.15) is 0 Å². The first-order valence-corrected chi connectivity index (χ1v) is 7.87. The Balaban J connectivity index is 2.52. The van der Waals surface area contributed by atoms with Crippen LogP contribution in [0.5, 0.6) is 0 Å². The molecule has 0 saturated carbocycles. The summed E-state index contributed by atoms with van der Waals surface area (Å²) in [7, 11) is -0.252. The third kappa shape index (κ3) is 2.51. The van der Waals surface area contributed by atoms with Crippen molar-refractivity contribution >= 4 is 21.1 Å². The van der Waals surface area contributed by atoms with Crippen LogP contribution in [0, 0.1) is 5.92 Å². The lowest BCUT2D eigenvalue weighted by Crippen LogP contribution is -2.27. The van der Waals surface area contributed by atoms with Crippen molar-refractivity contribution in [2.75, 3.05) is 6.54 Å². The van der Waals surface area contributed by atoms with Crippen LogP contribution in [-0.2, 0) is 24.1 Å². The highest BCUT2D eigenvalue weighted by Crippen LogP contribution is 2.17. The maximum atomic E-state index is 12.2. The number of imidazole rings is 1. The predicted molar refractivity (Wildman–Crippen MR) is 78.2 cm³/mol. The van der Waals surface area contributed by atoms with Crippen LogP contribution in [0.25, 0.3) is 11.0 Å². The van der Waals surface area contributed by atoms with Crippen LogP contribution in [-0.4, -0.2) is 24.1 Å². The third-order valence-corrected chi connectivity index (χ3v) is 4.66. The molecular weight excluding hydrogens is 278 g/mol. The van der Waals surface area contributed by atoms with E-state index in [-0.39, 0.29) is 16.5 Å². The van der Waals surface area contributed by atoms with E-state index in [9.17, 15) is 13.2 Å². The van der Waals surface area contributed by atoms with Gasteiger partial charge in [-0.2, -0.15) is 0 Å². The summed E-state index contributed by atoms with van der Waals surface area (Å²) in [6, 6.07) is 4.70. The number of rotatable bonds is 4. The van der Waals surface area contributed by atoms with Crippen LogP contribution in [0.3, 0.4) is 0 Å². The highest BCUT2D eigenvalue weighted by Gasteiger charge is 2.17. The lowest BCUT2D eigenvalue weighted by Gasteiger charge is -2.09. The molecule has 6 nitrogen and oxygen atoms in total. The zero-order valence-electron chi connectivity index (χ0n) is 12.0. The summed E-state index contributed by atoms with van der Waals surface area (Å²) in [6.45, 7) is 4.26. The van der Waals surface area contributed by atoms with E-state index in [1.165, 1.54) is 21.3 Å². The van der Waals surface area contributed by atoms with Gasteiger partial charge in [0.15, 0.2) is 0 Å². The lowest BCUT2D eigenvalue weighted by atomic mass is 10.2. The molecule has 2 aromatic rings. The molecule has 0 saturated heterocycles. The Morgan fingerprint density at radius 1 is 1.15 bits per heavy atom. The van der Waals surface area contributed by atoms with Gasteiger partial charge in [-0.1, -0.05) is 13.8 Å². The summed E-state index contributed by atoms with van der Waals surface area (Å²) >= 11 is 0. The van der Waals surface area contributed by atoms with Gasteiger partial charge < -0.3 is 0 Å². The standard InChI is InChI=1S/C13H19N3O3S/c1-9(2)8-14-20(18,19)10-5-6-11-12(7-10)16(4)13(17)15(11)3/h5-7,9,14H,8H2,1-4H3. The van der Waals surface area contributed by atoms with Gasteiger partial charge in [-0.25, -0.2) is 17.9 Å². The number of benzene rings is 1. The average molecular weight is 297 g/mol. The number of nitrogens with zero attached hydrogens (tertiary/aromatic N) is 2. The summed E-state index contributed by atoms with van der Waals surface area (Å²) < 4.78 is 29.8. The maximum Gasteiger partial charge on any atom is 0.328 e. The number of hydrogen-bond donors (Lipinski definition) is 1. The fourth-order valence-electron chi connectivity index (χ4n) is 2.01. The largest absolute Gasteiger partial charge is 0.328 e. The minimum atomic E-state index is -3.54. The number of aryl methyl sites for hydroxylation is 2. The Hall–Kier alpha value is -1.60. The van der Waals surface area contributed by atoms with Crippen LogP contribution < -0.4 is 10.4 Å². The number of nitrogens with one attached hydrogen (secondary N) is 1. The SMILES string of the molecule is CC(C)CNS(=O)(=O)c1ccc2c(c1)n(C)c(=O)n2C. The molecule has 0 radical (unpaired) electrons. The summed E-state index contributed by atoms with van der Waals surface area (Å²) in [4.78, 5) is 12.0. The molecule has 0 amide bonds. The van der Waals surface area contributed by atoms with E-state index in [0.717, 1.165) is 0 Å². The van der Waals surface area contributed by atoms with Crippen molar-refractivity contribution < 1.29 is 8.42 Å². The zero-order chi connectivity index (χ0) is 15.1. The van der Waals surface area contributed by atoms with Crippen molar-refractivity contribution in [2.45, 2.75) is 18.7 Å². The minimum Gasteiger partial charge on any atom is -0.295 e. The van der Waals surface area contributed by atoms with E-state index < -0.39 is 10.0 Å². The molecule has 0 unspecified atom stereocenters. The van der Waals surface area contributed by atoms with Crippen molar-refractivity contribution in [3.05, 3.63) is 28.7 Å². The molecular formula is C13H19N3O3S. The van der Waals surface area contributed by atoms with E-state index in [1.54, 1.807) is 20.2 Å². The summed E-state index contributed by atoms with van der Waals surface area (Å²) in [5, 5.41) is 0. The van der Waals surface area contributed by atoms with E-state index >= 15 is 0 Å². The lowest BCUT2D eigenvalue weighted by molar-refractivity contribution is 0.560. The monoisotopic (exact) mass is 297 g/mol. The maximum absolute atomic E-state index is 12.2. The summed E-state index contributed by atoms with van der Waals surface area (Å²) in [5.41, 5.74) is 1.13. The predicted octanol–water partition coefficient (Wildman–Crippen LogP) is 0.811. The normalized spacial score (nSPS) is 12.4. The topological polar surface area (TPSA) is 73.1 Å². The fourth-order valence-corrected chi connectivity index (χ4v) is 3.25. The van der Waals surface area contributed by atoms with Crippen molar-refractivity contribution in [1.82, 2.24) is 13.9 Å². The van der Waals surface area contributed by atoms with Crippen LogP contribution in [0.4, 0.5) is 0 Å². The number of sulfonamides is 1. The molecule has 2 rings (SSSR count). The minimum absolute atomic E-state index is 0.173. The van der Waals surface area contributed by atoms with Gasteiger partial charge in [-0.3, -0.25) is 9.13 Å². The highest BCUT2D eigenvalue weighted by atomic mass is 32.2. The van der Waals surface area contributed by atoms with E-state index in [0.29, 0.717) is 17.6 Å². The Morgan fingerprint density at radius 2 is 1.75 bits per heavy atom. The van der Waals surface area contributed by atoms with Crippen molar-refractivity contribution in [3.63, 3.8) is 0 Å². The Morgan fingerprint density at radius 3 is 2.35 bits per heavy atom. The first kappa shape index (κ1) is 14.8. The molecule has 20 heavy (non-hydrogen) atoms. The Bertz CT molecular complexity index is 800. The smallest absolute Gasteiger partial charge is 0.295 e. The molecule has 0 spiro atoms. The van der Waals surface area contributed by atoms with Crippen molar-refractivity contribution in [2.24, 2.45) is 20.0 Å². The van der Waals surface area contributed by atoms with Crippen molar-refractivity contribution in [1.29, 1.82) is 0 Å². The van der Waals surface area contributed by atoms with Gasteiger partial charge in [-0.15, -0.1) is 0 Å². The third-order valence-electron chi connectivity index (χ3n) is 3.24. The van der Waals surface area contributed by atoms with Gasteiger partial charge in [-0.05, 0) is 24.1 Å². The average Bonchev–Trinajstić information content (AvgIpc) is 2.61. The second-order valence-electron chi connectivity index (χ2n) is 5.30. The number of fused-ring (bicyclic) bond motifs is 1. The molecule has 1 heterocycles. The molecule has 1 aromatic heterocycles. The first-order valence-electron chi connectivity index (χ1n) is 6.39. The van der Waals surface area contributed by atoms with E-state index in [4.69, 9.17) is 0 Å². The Kier molecular flexibility index (Phi) is 3.75. The van der Waals surface area contributed by atoms with Crippen molar-refractivity contribution in [3.8, 4) is 0 Å². The molecule has 0 fully saturated rings. The van der Waals surface area contributed by atoms with Gasteiger partial charge in [0.2, 0.25) is 10.0 Å². The van der Waals surface area contributed by atoms with E-state index in [1.807, 2.05) is 13.8 Å². The molecule has 110 valence electrons. The van der Waals surface area contributed by atoms with Crippen LogP contribution in [0.2, 0.25) is 0 Å². The molecule has 0 aliphatic carbocycles. The second-order valence-corrected chi connectivity index (χ2v) is 7.06. The van der Waals surface area contributed by atoms with Gasteiger partial charge >= 0.3 is 5.69 Å². The Labute approximate surface area is 118 Å².